The van der Waals surface area contributed by atoms with Crippen molar-refractivity contribution < 1.29 is 53.9 Å². The van der Waals surface area contributed by atoms with Crippen LogP contribution in [0.25, 0.3) is 16.6 Å². The molecule has 0 atom stereocenters. The first-order valence-corrected chi connectivity index (χ1v) is 11.7. The zero-order chi connectivity index (χ0) is 25.8. The third-order valence-corrected chi connectivity index (χ3v) is 5.90. The second kappa shape index (κ2) is 12.2. The summed E-state index contributed by atoms with van der Waals surface area (Å²) in [7, 11) is 0. The molecule has 0 radical (unpaired) electrons. The summed E-state index contributed by atoms with van der Waals surface area (Å²) in [6, 6.07) is 16.7. The number of nitro groups is 1. The molecule has 0 aliphatic heterocycles. The molecule has 0 bridgehead atoms. The standard InChI is InChI=1S/C26H21N3O6S.Na/c1-15(2)35-20-10-5-17(6-11-20)25(30)21(13-16-3-8-19(9-4-16)29(33)34)24(26(31)32)18-7-12-22-23(14-18)28-36-27-22;/h3-12,14-15H,13H2,1-2H3,(H,31,32);/q;+1/p-1. The first-order chi connectivity index (χ1) is 17.2. The average molecular weight is 526 g/mol. The summed E-state index contributed by atoms with van der Waals surface area (Å²) in [5.74, 6) is -1.47. The Morgan fingerprint density at radius 2 is 1.57 bits per heavy atom. The summed E-state index contributed by atoms with van der Waals surface area (Å²) in [5, 5.41) is 23.4. The van der Waals surface area contributed by atoms with Crippen molar-refractivity contribution in [3.63, 3.8) is 0 Å². The van der Waals surface area contributed by atoms with Gasteiger partial charge in [0.15, 0.2) is 5.78 Å². The molecule has 1 heterocycles. The summed E-state index contributed by atoms with van der Waals surface area (Å²) in [5.41, 5.74) is 1.72. The van der Waals surface area contributed by atoms with E-state index in [1.165, 1.54) is 24.3 Å². The van der Waals surface area contributed by atoms with Crippen LogP contribution < -0.4 is 39.4 Å². The van der Waals surface area contributed by atoms with Crippen molar-refractivity contribution in [2.45, 2.75) is 26.4 Å². The maximum Gasteiger partial charge on any atom is 1.00 e. The number of carbonyl (C=O) groups is 2. The van der Waals surface area contributed by atoms with Gasteiger partial charge in [-0.05, 0) is 61.4 Å². The number of non-ortho nitro benzene ring substituents is 1. The van der Waals surface area contributed by atoms with Crippen LogP contribution in [0.15, 0.2) is 72.3 Å². The molecular weight excluding hydrogens is 505 g/mol. The molecule has 0 spiro atoms. The van der Waals surface area contributed by atoms with Crippen molar-refractivity contribution in [1.82, 2.24) is 8.75 Å². The van der Waals surface area contributed by atoms with Gasteiger partial charge in [-0.25, -0.2) is 0 Å². The van der Waals surface area contributed by atoms with Gasteiger partial charge in [-0.2, -0.15) is 8.75 Å². The van der Waals surface area contributed by atoms with E-state index in [1.54, 1.807) is 42.5 Å². The Labute approximate surface area is 238 Å². The molecule has 4 aromatic rings. The molecule has 4 rings (SSSR count). The molecule has 0 aliphatic carbocycles. The molecule has 0 fully saturated rings. The molecule has 0 aliphatic rings. The van der Waals surface area contributed by atoms with Crippen molar-refractivity contribution in [2.75, 3.05) is 0 Å². The number of hydrogen-bond acceptors (Lipinski definition) is 9. The predicted molar refractivity (Wildman–Crippen MR) is 133 cm³/mol. The number of nitrogens with zero attached hydrogens (tertiary/aromatic N) is 3. The van der Waals surface area contributed by atoms with Crippen molar-refractivity contribution in [3.8, 4) is 5.75 Å². The Balaban J connectivity index is 0.00000380. The van der Waals surface area contributed by atoms with Crippen molar-refractivity contribution in [2.24, 2.45) is 0 Å². The second-order valence-electron chi connectivity index (χ2n) is 8.23. The number of carboxylic acids is 1. The number of ether oxygens (including phenoxy) is 1. The molecule has 0 amide bonds. The number of aliphatic carboxylic acids is 1. The first kappa shape index (κ1) is 28.1. The molecule has 1 aromatic heterocycles. The molecule has 11 heteroatoms. The van der Waals surface area contributed by atoms with Crippen molar-refractivity contribution in [3.05, 3.63) is 99.1 Å². The zero-order valence-corrected chi connectivity index (χ0v) is 23.2. The second-order valence-corrected chi connectivity index (χ2v) is 8.76. The van der Waals surface area contributed by atoms with Gasteiger partial charge in [-0.3, -0.25) is 14.9 Å². The number of Topliss-reactive ketones (excluding diaryl/α,β-unsaturated/α-hetero) is 1. The van der Waals surface area contributed by atoms with E-state index < -0.39 is 16.7 Å². The number of benzene rings is 3. The van der Waals surface area contributed by atoms with E-state index in [4.69, 9.17) is 4.74 Å². The minimum absolute atomic E-state index is 0. The maximum atomic E-state index is 13.7. The number of aromatic nitrogens is 2. The minimum atomic E-state index is -1.53. The monoisotopic (exact) mass is 525 g/mol. The summed E-state index contributed by atoms with van der Waals surface area (Å²) in [6.45, 7) is 3.76. The van der Waals surface area contributed by atoms with E-state index >= 15 is 0 Å². The SMILES string of the molecule is CC(C)Oc1ccc(C(=O)C(Cc2ccc([N+](=O)[O-])cc2)=C(C(=O)[O-])c2ccc3nsnc3c2)cc1.[Na+]. The number of allylic oxidation sites excluding steroid dienone is 1. The Morgan fingerprint density at radius 1 is 0.946 bits per heavy atom. The van der Waals surface area contributed by atoms with E-state index in [1.807, 2.05) is 13.8 Å². The number of carbonyl (C=O) groups excluding carboxylic acids is 2. The van der Waals surface area contributed by atoms with Crippen LogP contribution in [0.5, 0.6) is 5.75 Å². The van der Waals surface area contributed by atoms with Gasteiger partial charge in [-0.15, -0.1) is 0 Å². The number of nitro benzene ring substituents is 1. The Bertz CT molecular complexity index is 1480. The van der Waals surface area contributed by atoms with Crippen molar-refractivity contribution >= 4 is 45.8 Å². The molecule has 182 valence electrons. The number of carboxylic acid groups (broad SMARTS) is 1. The van der Waals surface area contributed by atoms with Gasteiger partial charge >= 0.3 is 29.6 Å². The number of ketones is 1. The fourth-order valence-electron chi connectivity index (χ4n) is 3.71. The van der Waals surface area contributed by atoms with Gasteiger partial charge in [0.25, 0.3) is 5.69 Å². The van der Waals surface area contributed by atoms with Gasteiger partial charge in [-0.1, -0.05) is 18.2 Å². The first-order valence-electron chi connectivity index (χ1n) is 10.9. The number of rotatable bonds is 9. The van der Waals surface area contributed by atoms with Crippen LogP contribution in [-0.4, -0.2) is 31.5 Å². The van der Waals surface area contributed by atoms with E-state index in [9.17, 15) is 24.8 Å². The third-order valence-electron chi connectivity index (χ3n) is 5.34. The molecule has 0 saturated heterocycles. The fraction of sp³-hybridized carbons (Fsp3) is 0.154. The molecule has 9 nitrogen and oxygen atoms in total. The summed E-state index contributed by atoms with van der Waals surface area (Å²) in [4.78, 5) is 36.6. The van der Waals surface area contributed by atoms with E-state index in [2.05, 4.69) is 8.75 Å². The average Bonchev–Trinajstić information content (AvgIpc) is 3.31. The Morgan fingerprint density at radius 3 is 2.16 bits per heavy atom. The van der Waals surface area contributed by atoms with Gasteiger partial charge in [0.1, 0.15) is 16.8 Å². The van der Waals surface area contributed by atoms with Gasteiger partial charge in [0.05, 0.1) is 28.7 Å². The van der Waals surface area contributed by atoms with Crippen LogP contribution in [0.1, 0.15) is 35.3 Å². The van der Waals surface area contributed by atoms with E-state index in [0.29, 0.717) is 22.3 Å². The van der Waals surface area contributed by atoms with E-state index in [0.717, 1.165) is 11.7 Å². The van der Waals surface area contributed by atoms with Crippen LogP contribution in [0.2, 0.25) is 0 Å². The quantitative estimate of drug-likeness (QED) is 0.104. The predicted octanol–water partition coefficient (Wildman–Crippen LogP) is 1.02. The number of fused-ring (bicyclic) bond motifs is 1. The Kier molecular flexibility index (Phi) is 9.28. The van der Waals surface area contributed by atoms with Crippen LogP contribution in [-0.2, 0) is 11.2 Å². The van der Waals surface area contributed by atoms with Crippen molar-refractivity contribution in [1.29, 1.82) is 0 Å². The van der Waals surface area contributed by atoms with Gasteiger partial charge in [0.2, 0.25) is 0 Å². The van der Waals surface area contributed by atoms with Crippen LogP contribution in [0.4, 0.5) is 5.69 Å². The maximum absolute atomic E-state index is 13.7. The van der Waals surface area contributed by atoms with Gasteiger partial charge < -0.3 is 14.6 Å². The third kappa shape index (κ3) is 6.66. The summed E-state index contributed by atoms with van der Waals surface area (Å²) >= 11 is 0.992. The largest absolute Gasteiger partial charge is 1.00 e. The normalized spacial score (nSPS) is 11.5. The molecule has 3 aromatic carbocycles. The summed E-state index contributed by atoms with van der Waals surface area (Å²) in [6.07, 6.45) is -0.137. The smallest absolute Gasteiger partial charge is 0.545 e. The molecular formula is C26H20N3NaO6S. The Hall–Kier alpha value is -3.44. The van der Waals surface area contributed by atoms with Gasteiger partial charge in [0, 0.05) is 35.3 Å². The minimum Gasteiger partial charge on any atom is -0.545 e. The molecule has 37 heavy (non-hydrogen) atoms. The van der Waals surface area contributed by atoms with Crippen LogP contribution >= 0.6 is 11.7 Å². The number of hydrogen-bond donors (Lipinski definition) is 0. The topological polar surface area (TPSA) is 135 Å². The molecule has 0 unspecified atom stereocenters. The summed E-state index contributed by atoms with van der Waals surface area (Å²) < 4.78 is 13.9. The zero-order valence-electron chi connectivity index (χ0n) is 20.3. The van der Waals surface area contributed by atoms with E-state index in [-0.39, 0.29) is 70.0 Å². The van der Waals surface area contributed by atoms with Crippen LogP contribution in [0.3, 0.4) is 0 Å². The van der Waals surface area contributed by atoms with Crippen LogP contribution in [0, 0.1) is 10.1 Å². The fourth-order valence-corrected chi connectivity index (χ4v) is 4.22. The molecule has 0 N–H and O–H groups in total. The molecule has 0 saturated carbocycles.